The second-order valence-corrected chi connectivity index (χ2v) is 6.49. The summed E-state index contributed by atoms with van der Waals surface area (Å²) < 4.78 is 7.20. The number of hydrogen-bond acceptors (Lipinski definition) is 3. The summed E-state index contributed by atoms with van der Waals surface area (Å²) in [6, 6.07) is 18.9. The fourth-order valence-corrected chi connectivity index (χ4v) is 3.38. The minimum absolute atomic E-state index is 0.197. The molecule has 5 heteroatoms. The molecule has 0 bridgehead atoms. The molecule has 5 nitrogen and oxygen atoms in total. The number of carbonyl (C=O) groups is 2. The summed E-state index contributed by atoms with van der Waals surface area (Å²) in [5.74, 6) is -0.695. The number of aryl methyl sites for hydroxylation is 1. The van der Waals surface area contributed by atoms with Gasteiger partial charge in [0.25, 0.3) is 5.91 Å². The monoisotopic (exact) mass is 360 g/mol. The smallest absolute Gasteiger partial charge is 0.338 e. The van der Waals surface area contributed by atoms with E-state index in [-0.39, 0.29) is 12.5 Å². The number of hydrogen-bond donors (Lipinski definition) is 0. The fourth-order valence-electron chi connectivity index (χ4n) is 3.38. The van der Waals surface area contributed by atoms with Crippen molar-refractivity contribution < 1.29 is 14.3 Å². The van der Waals surface area contributed by atoms with Crippen LogP contribution in [0.15, 0.2) is 73.1 Å². The predicted octanol–water partition coefficient (Wildman–Crippen LogP) is 3.61. The molecule has 0 atom stereocenters. The maximum Gasteiger partial charge on any atom is 0.338 e. The number of nitrogens with zero attached hydrogens (tertiary/aromatic N) is 2. The van der Waals surface area contributed by atoms with Crippen LogP contribution in [0.3, 0.4) is 0 Å². The molecule has 0 spiro atoms. The van der Waals surface area contributed by atoms with Crippen LogP contribution in [0.5, 0.6) is 0 Å². The van der Waals surface area contributed by atoms with Gasteiger partial charge in [0, 0.05) is 30.3 Å². The van der Waals surface area contributed by atoms with E-state index >= 15 is 0 Å². The second kappa shape index (κ2) is 7.50. The van der Waals surface area contributed by atoms with Crippen LogP contribution in [0.1, 0.15) is 22.3 Å². The number of esters is 1. The van der Waals surface area contributed by atoms with Crippen molar-refractivity contribution in [2.24, 2.45) is 0 Å². The Morgan fingerprint density at radius 3 is 2.63 bits per heavy atom. The first-order chi connectivity index (χ1) is 13.2. The molecule has 1 amide bonds. The van der Waals surface area contributed by atoms with Gasteiger partial charge in [0.15, 0.2) is 6.61 Å². The molecule has 136 valence electrons. The van der Waals surface area contributed by atoms with Crippen molar-refractivity contribution >= 4 is 17.6 Å². The maximum absolute atomic E-state index is 12.6. The Hall–Kier alpha value is -3.34. The Balaban J connectivity index is 1.43. The van der Waals surface area contributed by atoms with Crippen LogP contribution in [-0.4, -0.2) is 29.6 Å². The molecule has 1 aliphatic rings. The highest BCUT2D eigenvalue weighted by atomic mass is 16.5. The van der Waals surface area contributed by atoms with Crippen LogP contribution < -0.4 is 4.90 Å². The summed E-state index contributed by atoms with van der Waals surface area (Å²) in [5, 5.41) is 0. The van der Waals surface area contributed by atoms with Crippen LogP contribution in [0.4, 0.5) is 5.69 Å². The number of benzene rings is 2. The van der Waals surface area contributed by atoms with Gasteiger partial charge in [0.2, 0.25) is 0 Å². The van der Waals surface area contributed by atoms with E-state index < -0.39 is 5.97 Å². The topological polar surface area (TPSA) is 51.5 Å². The standard InChI is InChI=1S/C22H20N2O3/c25-21(24-14-6-9-17-7-1-2-11-20(17)24)16-27-22(26)18-8-5-10-19(15-18)23-12-3-4-13-23/h1-5,7-8,10-13,15H,6,9,14,16H2. The molecule has 2 aromatic carbocycles. The van der Waals surface area contributed by atoms with Crippen molar-refractivity contribution in [3.63, 3.8) is 0 Å². The van der Waals surface area contributed by atoms with Crippen molar-refractivity contribution in [1.82, 2.24) is 4.57 Å². The van der Waals surface area contributed by atoms with Crippen molar-refractivity contribution in [3.05, 3.63) is 84.2 Å². The lowest BCUT2D eigenvalue weighted by molar-refractivity contribution is -0.121. The highest BCUT2D eigenvalue weighted by molar-refractivity contribution is 5.98. The molecule has 0 radical (unpaired) electrons. The zero-order valence-electron chi connectivity index (χ0n) is 14.9. The molecule has 0 saturated carbocycles. The second-order valence-electron chi connectivity index (χ2n) is 6.49. The van der Waals surface area contributed by atoms with E-state index in [1.807, 2.05) is 59.4 Å². The van der Waals surface area contributed by atoms with E-state index in [1.54, 1.807) is 23.1 Å². The zero-order valence-corrected chi connectivity index (χ0v) is 14.9. The van der Waals surface area contributed by atoms with Crippen LogP contribution in [0.25, 0.3) is 5.69 Å². The summed E-state index contributed by atoms with van der Waals surface area (Å²) in [6.07, 6.45) is 5.69. The average Bonchev–Trinajstić information content (AvgIpc) is 3.26. The molecule has 0 aliphatic carbocycles. The Morgan fingerprint density at radius 1 is 0.963 bits per heavy atom. The van der Waals surface area contributed by atoms with E-state index in [1.165, 1.54) is 0 Å². The van der Waals surface area contributed by atoms with Crippen molar-refractivity contribution in [3.8, 4) is 5.69 Å². The van der Waals surface area contributed by atoms with Crippen LogP contribution >= 0.6 is 0 Å². The number of amides is 1. The number of para-hydroxylation sites is 1. The van der Waals surface area contributed by atoms with Gasteiger partial charge in [-0.1, -0.05) is 24.3 Å². The first kappa shape index (κ1) is 17.1. The molecule has 0 N–H and O–H groups in total. The number of carbonyl (C=O) groups excluding carboxylic acids is 2. The molecule has 0 fully saturated rings. The average molecular weight is 360 g/mol. The Kier molecular flexibility index (Phi) is 4.75. The van der Waals surface area contributed by atoms with E-state index in [9.17, 15) is 9.59 Å². The van der Waals surface area contributed by atoms with Gasteiger partial charge in [-0.2, -0.15) is 0 Å². The highest BCUT2D eigenvalue weighted by Gasteiger charge is 2.23. The molecule has 27 heavy (non-hydrogen) atoms. The van der Waals surface area contributed by atoms with E-state index in [0.717, 1.165) is 29.8 Å². The lowest BCUT2D eigenvalue weighted by Gasteiger charge is -2.29. The van der Waals surface area contributed by atoms with Gasteiger partial charge in [-0.25, -0.2) is 4.79 Å². The van der Waals surface area contributed by atoms with Crippen LogP contribution in [0.2, 0.25) is 0 Å². The fraction of sp³-hybridized carbons (Fsp3) is 0.182. The first-order valence-electron chi connectivity index (χ1n) is 9.01. The van der Waals surface area contributed by atoms with Gasteiger partial charge in [-0.05, 0) is 54.8 Å². The number of rotatable bonds is 4. The molecular formula is C22H20N2O3. The largest absolute Gasteiger partial charge is 0.452 e. The minimum Gasteiger partial charge on any atom is -0.452 e. The summed E-state index contributed by atoms with van der Waals surface area (Å²) in [4.78, 5) is 26.7. The van der Waals surface area contributed by atoms with E-state index in [4.69, 9.17) is 4.74 Å². The van der Waals surface area contributed by atoms with Crippen molar-refractivity contribution in [2.75, 3.05) is 18.1 Å². The highest BCUT2D eigenvalue weighted by Crippen LogP contribution is 2.26. The molecule has 0 unspecified atom stereocenters. The quantitative estimate of drug-likeness (QED) is 0.668. The van der Waals surface area contributed by atoms with Gasteiger partial charge in [0.1, 0.15) is 0 Å². The molecular weight excluding hydrogens is 340 g/mol. The molecule has 0 saturated heterocycles. The zero-order chi connectivity index (χ0) is 18.6. The van der Waals surface area contributed by atoms with Gasteiger partial charge in [-0.3, -0.25) is 4.79 Å². The normalized spacial score (nSPS) is 13.1. The van der Waals surface area contributed by atoms with E-state index in [0.29, 0.717) is 12.1 Å². The van der Waals surface area contributed by atoms with Crippen LogP contribution in [-0.2, 0) is 16.0 Å². The number of fused-ring (bicyclic) bond motifs is 1. The maximum atomic E-state index is 12.6. The van der Waals surface area contributed by atoms with Crippen molar-refractivity contribution in [1.29, 1.82) is 0 Å². The SMILES string of the molecule is O=C(OCC(=O)N1CCCc2ccccc21)c1cccc(-n2cccc2)c1. The van der Waals surface area contributed by atoms with Gasteiger partial charge < -0.3 is 14.2 Å². The van der Waals surface area contributed by atoms with E-state index in [2.05, 4.69) is 0 Å². The Morgan fingerprint density at radius 2 is 1.78 bits per heavy atom. The summed E-state index contributed by atoms with van der Waals surface area (Å²) >= 11 is 0. The molecule has 3 aromatic rings. The third-order valence-electron chi connectivity index (χ3n) is 4.72. The van der Waals surface area contributed by atoms with Gasteiger partial charge in [-0.15, -0.1) is 0 Å². The predicted molar refractivity (Wildman–Crippen MR) is 103 cm³/mol. The summed E-state index contributed by atoms with van der Waals surface area (Å²) in [5.41, 5.74) is 3.36. The minimum atomic E-state index is -0.498. The molecule has 4 rings (SSSR count). The molecule has 2 heterocycles. The van der Waals surface area contributed by atoms with Crippen LogP contribution in [0, 0.1) is 0 Å². The third-order valence-corrected chi connectivity index (χ3v) is 4.72. The Bertz CT molecular complexity index is 963. The Labute approximate surface area is 157 Å². The number of ether oxygens (including phenoxy) is 1. The lowest BCUT2D eigenvalue weighted by Crippen LogP contribution is -2.38. The third kappa shape index (κ3) is 3.62. The van der Waals surface area contributed by atoms with Gasteiger partial charge in [0.05, 0.1) is 5.56 Å². The molecule has 1 aromatic heterocycles. The first-order valence-corrected chi connectivity index (χ1v) is 9.01. The summed E-state index contributed by atoms with van der Waals surface area (Å²) in [7, 11) is 0. The number of aromatic nitrogens is 1. The molecule has 1 aliphatic heterocycles. The number of anilines is 1. The summed E-state index contributed by atoms with van der Waals surface area (Å²) in [6.45, 7) is 0.386. The van der Waals surface area contributed by atoms with Gasteiger partial charge >= 0.3 is 5.97 Å². The lowest BCUT2D eigenvalue weighted by atomic mass is 10.0. The van der Waals surface area contributed by atoms with Crippen molar-refractivity contribution in [2.45, 2.75) is 12.8 Å².